The summed E-state index contributed by atoms with van der Waals surface area (Å²) >= 11 is 0. The van der Waals surface area contributed by atoms with Crippen LogP contribution in [0.3, 0.4) is 0 Å². The summed E-state index contributed by atoms with van der Waals surface area (Å²) in [6.07, 6.45) is -6.28. The van der Waals surface area contributed by atoms with Gasteiger partial charge in [-0.15, -0.1) is 0 Å². The summed E-state index contributed by atoms with van der Waals surface area (Å²) in [5, 5.41) is 35.5. The number of esters is 1. The van der Waals surface area contributed by atoms with Crippen LogP contribution in [0.4, 0.5) is 0 Å². The lowest BCUT2D eigenvalue weighted by Gasteiger charge is -2.42. The van der Waals surface area contributed by atoms with E-state index in [1.54, 1.807) is 24.3 Å². The third-order valence-corrected chi connectivity index (χ3v) is 6.97. The number of hydrogen-bond acceptors (Lipinski definition) is 11. The molecular weight excluding hydrogens is 523 g/mol. The molecule has 0 bridgehead atoms. The van der Waals surface area contributed by atoms with Crippen molar-refractivity contribution in [3.05, 3.63) is 60.2 Å². The third-order valence-electron chi connectivity index (χ3n) is 5.45. The molecule has 1 aliphatic heterocycles. The number of rotatable bonds is 12. The molecule has 6 atom stereocenters. The molecule has 2 aromatic carbocycles. The van der Waals surface area contributed by atoms with Gasteiger partial charge in [0, 0.05) is 6.92 Å². The van der Waals surface area contributed by atoms with E-state index >= 15 is 0 Å². The van der Waals surface area contributed by atoms with Gasteiger partial charge in [0.25, 0.3) is 0 Å². The number of carbonyl (C=O) groups excluding carboxylic acids is 2. The van der Waals surface area contributed by atoms with Gasteiger partial charge in [-0.3, -0.25) is 14.1 Å². The number of aliphatic hydroxyl groups excluding tert-OH is 3. The van der Waals surface area contributed by atoms with Crippen molar-refractivity contribution in [1.82, 2.24) is 10.4 Å². The van der Waals surface area contributed by atoms with Crippen molar-refractivity contribution in [2.45, 2.75) is 44.2 Å². The molecule has 1 saturated heterocycles. The SMILES string of the molecule is COc1ccc(OP(=O)(NCC(=O)OCc2ccccc2)O[C@H]2[C@H](O)[C@@H](NC(C)=O)[C@@H](O)O[C@@H]2CO)cc1. The number of aliphatic hydroxyl groups is 3. The van der Waals surface area contributed by atoms with Crippen molar-refractivity contribution in [3.63, 3.8) is 0 Å². The minimum atomic E-state index is -4.49. The summed E-state index contributed by atoms with van der Waals surface area (Å²) in [7, 11) is -3.02. The Labute approximate surface area is 219 Å². The molecule has 1 aliphatic rings. The van der Waals surface area contributed by atoms with E-state index in [2.05, 4.69) is 10.4 Å². The first-order valence-electron chi connectivity index (χ1n) is 11.6. The van der Waals surface area contributed by atoms with Crippen molar-refractivity contribution < 1.29 is 52.7 Å². The number of methoxy groups -OCH3 is 1. The first-order valence-corrected chi connectivity index (χ1v) is 13.1. The highest BCUT2D eigenvalue weighted by molar-refractivity contribution is 7.52. The van der Waals surface area contributed by atoms with Crippen LogP contribution in [0.1, 0.15) is 12.5 Å². The molecule has 1 unspecified atom stereocenters. The lowest BCUT2D eigenvalue weighted by molar-refractivity contribution is -0.249. The van der Waals surface area contributed by atoms with Gasteiger partial charge in [0.1, 0.15) is 49.0 Å². The highest BCUT2D eigenvalue weighted by atomic mass is 31.2. The standard InChI is InChI=1S/C24H31N2O11P/c1-15(28)26-21-22(30)23(19(13-27)35-24(21)31)37-38(32,36-18-10-8-17(33-2)9-11-18)25-12-20(29)34-14-16-6-4-3-5-7-16/h3-11,19,21-24,27,30-31H,12-14H2,1-2H3,(H,25,32)(H,26,28)/t19-,21-,22-,23-,24+,38?/m1/s1. The zero-order chi connectivity index (χ0) is 27.7. The largest absolute Gasteiger partial charge is 0.497 e. The van der Waals surface area contributed by atoms with Crippen LogP contribution < -0.4 is 19.7 Å². The van der Waals surface area contributed by atoms with Crippen molar-refractivity contribution in [3.8, 4) is 11.5 Å². The van der Waals surface area contributed by atoms with E-state index in [1.165, 1.54) is 31.4 Å². The van der Waals surface area contributed by atoms with Crippen LogP contribution in [0.5, 0.6) is 11.5 Å². The second-order valence-corrected chi connectivity index (χ2v) is 9.98. The molecule has 0 radical (unpaired) electrons. The summed E-state index contributed by atoms with van der Waals surface area (Å²) in [5.74, 6) is -0.810. The maximum absolute atomic E-state index is 13.8. The Balaban J connectivity index is 1.78. The Morgan fingerprint density at radius 2 is 1.71 bits per heavy atom. The topological polar surface area (TPSA) is 182 Å². The van der Waals surface area contributed by atoms with Gasteiger partial charge in [0.2, 0.25) is 5.91 Å². The molecule has 3 rings (SSSR count). The van der Waals surface area contributed by atoms with E-state index in [0.29, 0.717) is 5.75 Å². The highest BCUT2D eigenvalue weighted by Crippen LogP contribution is 2.47. The maximum Gasteiger partial charge on any atom is 0.459 e. The Kier molecular flexibility index (Phi) is 10.6. The van der Waals surface area contributed by atoms with Gasteiger partial charge in [0.05, 0.1) is 13.7 Å². The highest BCUT2D eigenvalue weighted by Gasteiger charge is 2.49. The normalized spacial score (nSPS) is 24.6. The molecule has 38 heavy (non-hydrogen) atoms. The average Bonchev–Trinajstić information content (AvgIpc) is 2.91. The predicted octanol–water partition coefficient (Wildman–Crippen LogP) is 0.475. The fourth-order valence-electron chi connectivity index (χ4n) is 3.58. The molecule has 1 fully saturated rings. The molecule has 2 aromatic rings. The number of carbonyl (C=O) groups is 2. The number of hydrogen-bond donors (Lipinski definition) is 5. The molecule has 208 valence electrons. The van der Waals surface area contributed by atoms with Crippen molar-refractivity contribution >= 4 is 19.6 Å². The molecule has 0 spiro atoms. The summed E-state index contributed by atoms with van der Waals surface area (Å²) in [5.41, 5.74) is 0.741. The maximum atomic E-state index is 13.8. The lowest BCUT2D eigenvalue weighted by atomic mass is 9.97. The first-order chi connectivity index (χ1) is 18.1. The van der Waals surface area contributed by atoms with Gasteiger partial charge in [-0.2, -0.15) is 0 Å². The molecule has 0 saturated carbocycles. The van der Waals surface area contributed by atoms with Gasteiger partial charge in [0.15, 0.2) is 6.29 Å². The monoisotopic (exact) mass is 554 g/mol. The lowest BCUT2D eigenvalue weighted by Crippen LogP contribution is -2.64. The van der Waals surface area contributed by atoms with E-state index in [-0.39, 0.29) is 12.4 Å². The zero-order valence-electron chi connectivity index (χ0n) is 20.8. The number of amides is 1. The Hall–Kier alpha value is -3.03. The Morgan fingerprint density at radius 1 is 1.05 bits per heavy atom. The van der Waals surface area contributed by atoms with E-state index < -0.39 is 63.4 Å². The van der Waals surface area contributed by atoms with Crippen LogP contribution in [0.25, 0.3) is 0 Å². The van der Waals surface area contributed by atoms with Crippen LogP contribution >= 0.6 is 7.75 Å². The van der Waals surface area contributed by atoms with Gasteiger partial charge < -0.3 is 39.4 Å². The zero-order valence-corrected chi connectivity index (χ0v) is 21.7. The second kappa shape index (κ2) is 13.7. The number of nitrogens with one attached hydrogen (secondary N) is 2. The molecule has 0 aromatic heterocycles. The minimum Gasteiger partial charge on any atom is -0.497 e. The fraction of sp³-hybridized carbons (Fsp3) is 0.417. The minimum absolute atomic E-state index is 0.0239. The average molecular weight is 554 g/mol. The molecule has 5 N–H and O–H groups in total. The molecule has 0 aliphatic carbocycles. The van der Waals surface area contributed by atoms with Crippen LogP contribution in [0, 0.1) is 0 Å². The van der Waals surface area contributed by atoms with E-state index in [4.69, 9.17) is 23.3 Å². The Bertz CT molecular complexity index is 1100. The third kappa shape index (κ3) is 8.23. The molecule has 13 nitrogen and oxygen atoms in total. The first kappa shape index (κ1) is 29.5. The van der Waals surface area contributed by atoms with Crippen molar-refractivity contribution in [2.24, 2.45) is 0 Å². The van der Waals surface area contributed by atoms with E-state index in [1.807, 2.05) is 6.07 Å². The predicted molar refractivity (Wildman–Crippen MR) is 132 cm³/mol. The van der Waals surface area contributed by atoms with E-state index in [0.717, 1.165) is 12.5 Å². The van der Waals surface area contributed by atoms with Gasteiger partial charge >= 0.3 is 13.7 Å². The van der Waals surface area contributed by atoms with Crippen LogP contribution in [-0.4, -0.2) is 78.1 Å². The van der Waals surface area contributed by atoms with E-state index in [9.17, 15) is 29.5 Å². The molecule has 14 heteroatoms. The summed E-state index contributed by atoms with van der Waals surface area (Å²) in [6, 6.07) is 13.5. The van der Waals surface area contributed by atoms with Crippen LogP contribution in [-0.2, 0) is 34.8 Å². The number of benzene rings is 2. The molecular formula is C24H31N2O11P. The second-order valence-electron chi connectivity index (χ2n) is 8.28. The van der Waals surface area contributed by atoms with Crippen molar-refractivity contribution in [2.75, 3.05) is 20.3 Å². The van der Waals surface area contributed by atoms with Gasteiger partial charge in [-0.05, 0) is 29.8 Å². The summed E-state index contributed by atoms with van der Waals surface area (Å²) in [4.78, 5) is 23.9. The fourth-order valence-corrected chi connectivity index (χ4v) is 5.06. The van der Waals surface area contributed by atoms with Crippen LogP contribution in [0.15, 0.2) is 54.6 Å². The quantitative estimate of drug-likeness (QED) is 0.181. The summed E-state index contributed by atoms with van der Waals surface area (Å²) < 4.78 is 40.5. The molecule has 1 heterocycles. The Morgan fingerprint density at radius 3 is 2.32 bits per heavy atom. The van der Waals surface area contributed by atoms with Crippen LogP contribution in [0.2, 0.25) is 0 Å². The smallest absolute Gasteiger partial charge is 0.459 e. The summed E-state index contributed by atoms with van der Waals surface area (Å²) in [6.45, 7) is -0.212. The number of ether oxygens (including phenoxy) is 3. The molecule has 1 amide bonds. The van der Waals surface area contributed by atoms with Gasteiger partial charge in [-0.25, -0.2) is 9.65 Å². The van der Waals surface area contributed by atoms with Gasteiger partial charge in [-0.1, -0.05) is 30.3 Å². The van der Waals surface area contributed by atoms with Crippen molar-refractivity contribution in [1.29, 1.82) is 0 Å².